The highest BCUT2D eigenvalue weighted by molar-refractivity contribution is 6.30. The van der Waals surface area contributed by atoms with Gasteiger partial charge in [0.15, 0.2) is 24.1 Å². The number of hydrogen-bond acceptors (Lipinski definition) is 8. The van der Waals surface area contributed by atoms with E-state index in [2.05, 4.69) is 15.5 Å². The first kappa shape index (κ1) is 25.1. The summed E-state index contributed by atoms with van der Waals surface area (Å²) in [6.45, 7) is 1.70. The van der Waals surface area contributed by atoms with E-state index in [0.717, 1.165) is 16.8 Å². The Kier molecular flexibility index (Phi) is 6.89. The Morgan fingerprint density at radius 3 is 2.53 bits per heavy atom. The number of hydrogen-bond donors (Lipinski definition) is 3. The number of ether oxygens (including phenoxy) is 2. The minimum Gasteiger partial charge on any atom is -0.504 e. The summed E-state index contributed by atoms with van der Waals surface area (Å²) in [4.78, 5) is 18.0. The van der Waals surface area contributed by atoms with Gasteiger partial charge in [0.2, 0.25) is 5.91 Å². The standard InChI is InChI=1S/C27H24ClN5O5/c1-15-31-32-27-21(13-25(36)29-14-38-19-8-10-23(34)24(35)12-19)30-26(16-3-5-17(28)6-4-16)20-11-18(37-2)7-9-22(20)33(15)27/h3-12,21,34-35H,13-14H2,1-2H3,(H,29,36)/t21-/m0/s1. The van der Waals surface area contributed by atoms with Gasteiger partial charge in [-0.2, -0.15) is 0 Å². The smallest absolute Gasteiger partial charge is 0.225 e. The number of carbonyl (C=O) groups is 1. The Labute approximate surface area is 223 Å². The minimum atomic E-state index is -0.655. The molecule has 5 rings (SSSR count). The highest BCUT2D eigenvalue weighted by Gasteiger charge is 2.30. The maximum absolute atomic E-state index is 13.0. The first-order valence-corrected chi connectivity index (χ1v) is 12.1. The minimum absolute atomic E-state index is 0.0233. The Morgan fingerprint density at radius 1 is 1.03 bits per heavy atom. The van der Waals surface area contributed by atoms with Crippen LogP contribution in [-0.4, -0.2) is 50.4 Å². The average molecular weight is 534 g/mol. The third-order valence-electron chi connectivity index (χ3n) is 6.08. The average Bonchev–Trinajstić information content (AvgIpc) is 3.23. The fraction of sp³-hybridized carbons (Fsp3) is 0.185. The maximum atomic E-state index is 13.0. The predicted molar refractivity (Wildman–Crippen MR) is 141 cm³/mol. The van der Waals surface area contributed by atoms with Gasteiger partial charge in [-0.1, -0.05) is 23.7 Å². The van der Waals surface area contributed by atoms with E-state index in [1.54, 1.807) is 19.2 Å². The summed E-state index contributed by atoms with van der Waals surface area (Å²) in [5, 5.41) is 31.0. The molecule has 3 aromatic carbocycles. The van der Waals surface area contributed by atoms with Gasteiger partial charge in [-0.3, -0.25) is 14.4 Å². The molecule has 11 heteroatoms. The molecule has 0 saturated heterocycles. The molecular weight excluding hydrogens is 510 g/mol. The van der Waals surface area contributed by atoms with Crippen LogP contribution >= 0.6 is 11.6 Å². The van der Waals surface area contributed by atoms with E-state index in [-0.39, 0.29) is 36.3 Å². The lowest BCUT2D eigenvalue weighted by Gasteiger charge is -2.14. The van der Waals surface area contributed by atoms with E-state index >= 15 is 0 Å². The molecule has 3 N–H and O–H groups in total. The van der Waals surface area contributed by atoms with Gasteiger partial charge in [0.25, 0.3) is 0 Å². The van der Waals surface area contributed by atoms with Crippen LogP contribution in [0.1, 0.15) is 35.2 Å². The molecule has 194 valence electrons. The molecule has 1 amide bonds. The topological polar surface area (TPSA) is 131 Å². The molecule has 0 unspecified atom stereocenters. The quantitative estimate of drug-likeness (QED) is 0.241. The van der Waals surface area contributed by atoms with Crippen LogP contribution in [0.25, 0.3) is 5.69 Å². The summed E-state index contributed by atoms with van der Waals surface area (Å²) in [7, 11) is 1.60. The fourth-order valence-electron chi connectivity index (χ4n) is 4.22. The first-order valence-electron chi connectivity index (χ1n) is 11.7. The second-order valence-corrected chi connectivity index (χ2v) is 9.00. The number of aromatic nitrogens is 3. The molecule has 2 heterocycles. The van der Waals surface area contributed by atoms with Crippen molar-refractivity contribution >= 4 is 23.2 Å². The molecule has 0 radical (unpaired) electrons. The number of aryl methyl sites for hydroxylation is 1. The van der Waals surface area contributed by atoms with Gasteiger partial charge in [-0.25, -0.2) is 0 Å². The summed E-state index contributed by atoms with van der Waals surface area (Å²) in [5.41, 5.74) is 3.10. The number of halogens is 1. The molecule has 1 aliphatic heterocycles. The van der Waals surface area contributed by atoms with Crippen LogP contribution in [0.2, 0.25) is 5.02 Å². The largest absolute Gasteiger partial charge is 0.504 e. The van der Waals surface area contributed by atoms with Crippen molar-refractivity contribution in [3.05, 3.63) is 88.5 Å². The summed E-state index contributed by atoms with van der Waals surface area (Å²) in [6.07, 6.45) is -0.0233. The van der Waals surface area contributed by atoms with E-state index in [4.69, 9.17) is 26.1 Å². The third kappa shape index (κ3) is 4.98. The number of aliphatic imine (C=N–C) groups is 1. The number of nitrogens with one attached hydrogen (secondary N) is 1. The SMILES string of the molecule is COc1ccc2c(c1)C(c1ccc(Cl)cc1)=N[C@@H](CC(=O)NCOc1ccc(O)c(O)c1)c1nnc(C)n1-2. The van der Waals surface area contributed by atoms with Crippen molar-refractivity contribution in [2.45, 2.75) is 19.4 Å². The number of phenolic OH excluding ortho intramolecular Hbond substituents is 2. The van der Waals surface area contributed by atoms with Gasteiger partial charge in [-0.15, -0.1) is 10.2 Å². The Balaban J connectivity index is 1.47. The van der Waals surface area contributed by atoms with E-state index in [1.807, 2.05) is 41.8 Å². The summed E-state index contributed by atoms with van der Waals surface area (Å²) in [5.74, 6) is 1.22. The van der Waals surface area contributed by atoms with Crippen molar-refractivity contribution in [3.8, 4) is 28.7 Å². The summed E-state index contributed by atoms with van der Waals surface area (Å²) >= 11 is 6.14. The van der Waals surface area contributed by atoms with Crippen LogP contribution in [0.15, 0.2) is 65.7 Å². The molecule has 1 aliphatic rings. The lowest BCUT2D eigenvalue weighted by molar-refractivity contribution is -0.122. The summed E-state index contributed by atoms with van der Waals surface area (Å²) < 4.78 is 12.9. The van der Waals surface area contributed by atoms with Crippen LogP contribution < -0.4 is 14.8 Å². The van der Waals surface area contributed by atoms with Crippen molar-refractivity contribution in [1.82, 2.24) is 20.1 Å². The van der Waals surface area contributed by atoms with Crippen molar-refractivity contribution in [3.63, 3.8) is 0 Å². The maximum Gasteiger partial charge on any atom is 0.225 e. The first-order chi connectivity index (χ1) is 18.3. The van der Waals surface area contributed by atoms with Crippen LogP contribution in [0, 0.1) is 6.92 Å². The van der Waals surface area contributed by atoms with Gasteiger partial charge in [-0.05, 0) is 49.4 Å². The second kappa shape index (κ2) is 10.4. The number of benzene rings is 3. The zero-order valence-corrected chi connectivity index (χ0v) is 21.3. The zero-order valence-electron chi connectivity index (χ0n) is 20.6. The molecule has 0 bridgehead atoms. The molecule has 1 aromatic heterocycles. The van der Waals surface area contributed by atoms with Gasteiger partial charge in [0.05, 0.1) is 24.9 Å². The molecule has 0 aliphatic carbocycles. The molecule has 10 nitrogen and oxygen atoms in total. The zero-order chi connectivity index (χ0) is 26.8. The van der Waals surface area contributed by atoms with Gasteiger partial charge < -0.3 is 25.0 Å². The predicted octanol–water partition coefficient (Wildman–Crippen LogP) is 4.08. The van der Waals surface area contributed by atoms with Crippen molar-refractivity contribution in [2.24, 2.45) is 4.99 Å². The van der Waals surface area contributed by atoms with Crippen molar-refractivity contribution in [2.75, 3.05) is 13.8 Å². The Hall–Kier alpha value is -4.57. The lowest BCUT2D eigenvalue weighted by atomic mass is 10.00. The van der Waals surface area contributed by atoms with E-state index in [0.29, 0.717) is 28.1 Å². The number of methoxy groups -OCH3 is 1. The number of phenols is 2. The van der Waals surface area contributed by atoms with E-state index in [9.17, 15) is 15.0 Å². The van der Waals surface area contributed by atoms with Crippen molar-refractivity contribution < 1.29 is 24.5 Å². The van der Waals surface area contributed by atoms with Crippen LogP contribution in [0.3, 0.4) is 0 Å². The summed E-state index contributed by atoms with van der Waals surface area (Å²) in [6, 6.07) is 16.4. The third-order valence-corrected chi connectivity index (χ3v) is 6.34. The molecule has 1 atom stereocenters. The number of fused-ring (bicyclic) bond motifs is 3. The molecular formula is C27H24ClN5O5. The molecule has 0 saturated carbocycles. The molecule has 0 spiro atoms. The Bertz CT molecular complexity index is 1530. The number of carbonyl (C=O) groups excluding carboxylic acids is 1. The number of rotatable bonds is 7. The monoisotopic (exact) mass is 533 g/mol. The highest BCUT2D eigenvalue weighted by Crippen LogP contribution is 2.34. The van der Waals surface area contributed by atoms with Crippen LogP contribution in [-0.2, 0) is 4.79 Å². The number of aromatic hydroxyl groups is 2. The Morgan fingerprint density at radius 2 is 1.79 bits per heavy atom. The van der Waals surface area contributed by atoms with Crippen LogP contribution in [0.5, 0.6) is 23.0 Å². The molecule has 4 aromatic rings. The fourth-order valence-corrected chi connectivity index (χ4v) is 4.34. The number of amides is 1. The van der Waals surface area contributed by atoms with E-state index in [1.165, 1.54) is 18.2 Å². The van der Waals surface area contributed by atoms with Crippen LogP contribution in [0.4, 0.5) is 0 Å². The highest BCUT2D eigenvalue weighted by atomic mass is 35.5. The number of nitrogens with zero attached hydrogens (tertiary/aromatic N) is 4. The van der Waals surface area contributed by atoms with Gasteiger partial charge in [0, 0.05) is 22.2 Å². The van der Waals surface area contributed by atoms with Gasteiger partial charge >= 0.3 is 0 Å². The normalized spacial score (nSPS) is 14.1. The second-order valence-electron chi connectivity index (χ2n) is 8.57. The van der Waals surface area contributed by atoms with E-state index < -0.39 is 6.04 Å². The van der Waals surface area contributed by atoms with Crippen molar-refractivity contribution in [1.29, 1.82) is 0 Å². The lowest BCUT2D eigenvalue weighted by Crippen LogP contribution is -2.29. The van der Waals surface area contributed by atoms with Gasteiger partial charge in [0.1, 0.15) is 23.4 Å². The molecule has 38 heavy (non-hydrogen) atoms. The molecule has 0 fully saturated rings.